The average Bonchev–Trinajstić information content (AvgIpc) is 2.53. The molecule has 1 aliphatic carbocycles. The number of Topliss-reactive ketones (excluding diaryl/α,β-unsaturated/α-hetero) is 1. The van der Waals surface area contributed by atoms with E-state index in [1.807, 2.05) is 0 Å². The first-order valence-electron chi connectivity index (χ1n) is 7.66. The number of halogens is 1. The van der Waals surface area contributed by atoms with Crippen molar-refractivity contribution in [2.75, 3.05) is 14.1 Å². The summed E-state index contributed by atoms with van der Waals surface area (Å²) in [5, 5.41) is 15.8. The molecule has 1 fully saturated rings. The summed E-state index contributed by atoms with van der Waals surface area (Å²) in [4.78, 5) is 37.4. The molecule has 0 unspecified atom stereocenters. The number of amides is 2. The lowest BCUT2D eigenvalue weighted by Crippen LogP contribution is -2.57. The second-order valence-corrected chi connectivity index (χ2v) is 7.18. The molecule has 130 valence electrons. The molecule has 1 aromatic carbocycles. The van der Waals surface area contributed by atoms with E-state index in [0.717, 1.165) is 4.47 Å². The van der Waals surface area contributed by atoms with Crippen LogP contribution in [0, 0.1) is 11.8 Å². The molecule has 0 spiro atoms. The van der Waals surface area contributed by atoms with Crippen LogP contribution in [-0.2, 0) is 14.4 Å². The summed E-state index contributed by atoms with van der Waals surface area (Å²) in [6, 6.07) is 7.08. The van der Waals surface area contributed by atoms with Crippen molar-refractivity contribution in [3.05, 3.63) is 34.3 Å². The van der Waals surface area contributed by atoms with Crippen molar-refractivity contribution in [1.29, 1.82) is 0 Å². The molecular weight excluding hydrogens is 376 g/mol. The van der Waals surface area contributed by atoms with Crippen molar-refractivity contribution in [1.82, 2.24) is 10.6 Å². The number of benzene rings is 1. The number of ketones is 1. The summed E-state index contributed by atoms with van der Waals surface area (Å²) in [5.41, 5.74) is -0.867. The standard InChI is InChI=1S/C17H21BrN2O4/c1-17(24)8-11(21)13(15(22)19-2)12(14(17)16(23)20-3)9-4-6-10(18)7-5-9/h4-7,12-14,24H,8H2,1-3H3,(H,19,22)(H,20,23)/t12-,13-,14+,17+/m0/s1. The van der Waals surface area contributed by atoms with Gasteiger partial charge in [-0.15, -0.1) is 0 Å². The number of carbonyl (C=O) groups is 3. The fourth-order valence-corrected chi connectivity index (χ4v) is 3.75. The van der Waals surface area contributed by atoms with Gasteiger partial charge in [0.1, 0.15) is 11.7 Å². The highest BCUT2D eigenvalue weighted by molar-refractivity contribution is 9.10. The van der Waals surface area contributed by atoms with Gasteiger partial charge in [-0.05, 0) is 24.6 Å². The lowest BCUT2D eigenvalue weighted by atomic mass is 9.61. The van der Waals surface area contributed by atoms with Gasteiger partial charge < -0.3 is 15.7 Å². The monoisotopic (exact) mass is 396 g/mol. The van der Waals surface area contributed by atoms with Crippen LogP contribution in [0.25, 0.3) is 0 Å². The summed E-state index contributed by atoms with van der Waals surface area (Å²) >= 11 is 3.34. The van der Waals surface area contributed by atoms with Crippen LogP contribution < -0.4 is 10.6 Å². The molecule has 0 bridgehead atoms. The highest BCUT2D eigenvalue weighted by atomic mass is 79.9. The van der Waals surface area contributed by atoms with Crippen molar-refractivity contribution in [3.8, 4) is 0 Å². The van der Waals surface area contributed by atoms with Gasteiger partial charge in [0, 0.05) is 30.9 Å². The third kappa shape index (κ3) is 3.37. The minimum absolute atomic E-state index is 0.240. The van der Waals surface area contributed by atoms with E-state index in [1.165, 1.54) is 21.0 Å². The predicted octanol–water partition coefficient (Wildman–Crippen LogP) is 0.981. The van der Waals surface area contributed by atoms with Gasteiger partial charge in [0.2, 0.25) is 11.8 Å². The molecule has 1 saturated carbocycles. The zero-order chi connectivity index (χ0) is 18.1. The highest BCUT2D eigenvalue weighted by Crippen LogP contribution is 2.46. The smallest absolute Gasteiger partial charge is 0.230 e. The number of aliphatic hydroxyl groups is 1. The van der Waals surface area contributed by atoms with Gasteiger partial charge in [0.05, 0.1) is 11.5 Å². The average molecular weight is 397 g/mol. The van der Waals surface area contributed by atoms with E-state index < -0.39 is 35.2 Å². The minimum atomic E-state index is -1.53. The highest BCUT2D eigenvalue weighted by Gasteiger charge is 2.55. The third-order valence-corrected chi connectivity index (χ3v) is 5.11. The number of rotatable bonds is 3. The largest absolute Gasteiger partial charge is 0.389 e. The third-order valence-electron chi connectivity index (χ3n) is 4.58. The van der Waals surface area contributed by atoms with E-state index in [0.29, 0.717) is 5.56 Å². The Hall–Kier alpha value is -1.73. The van der Waals surface area contributed by atoms with Crippen molar-refractivity contribution in [3.63, 3.8) is 0 Å². The summed E-state index contributed by atoms with van der Waals surface area (Å²) in [6.07, 6.45) is -0.240. The molecule has 7 heteroatoms. The molecule has 0 saturated heterocycles. The molecule has 0 aliphatic heterocycles. The first-order valence-corrected chi connectivity index (χ1v) is 8.46. The molecule has 4 atom stereocenters. The van der Waals surface area contributed by atoms with Crippen LogP contribution in [-0.4, -0.2) is 42.4 Å². The predicted molar refractivity (Wildman–Crippen MR) is 92.2 cm³/mol. The van der Waals surface area contributed by atoms with Gasteiger partial charge in [-0.25, -0.2) is 0 Å². The summed E-state index contributed by atoms with van der Waals surface area (Å²) in [5.74, 6) is -3.88. The van der Waals surface area contributed by atoms with E-state index in [1.54, 1.807) is 24.3 Å². The van der Waals surface area contributed by atoms with Crippen LogP contribution in [0.3, 0.4) is 0 Å². The molecule has 3 N–H and O–H groups in total. The Morgan fingerprint density at radius 3 is 2.21 bits per heavy atom. The van der Waals surface area contributed by atoms with Crippen LogP contribution in [0.4, 0.5) is 0 Å². The Morgan fingerprint density at radius 2 is 1.71 bits per heavy atom. The minimum Gasteiger partial charge on any atom is -0.389 e. The zero-order valence-electron chi connectivity index (χ0n) is 13.8. The Balaban J connectivity index is 2.63. The quantitative estimate of drug-likeness (QED) is 0.663. The lowest BCUT2D eigenvalue weighted by molar-refractivity contribution is -0.153. The Kier molecular flexibility index (Phi) is 5.45. The van der Waals surface area contributed by atoms with E-state index in [-0.39, 0.29) is 12.2 Å². The molecule has 6 nitrogen and oxygen atoms in total. The summed E-state index contributed by atoms with van der Waals surface area (Å²) < 4.78 is 0.841. The van der Waals surface area contributed by atoms with Crippen molar-refractivity contribution >= 4 is 33.5 Å². The maximum absolute atomic E-state index is 12.6. The molecule has 2 amide bonds. The van der Waals surface area contributed by atoms with Gasteiger partial charge in [-0.3, -0.25) is 14.4 Å². The van der Waals surface area contributed by atoms with Crippen molar-refractivity contribution < 1.29 is 19.5 Å². The molecule has 0 aromatic heterocycles. The van der Waals surface area contributed by atoms with E-state index in [9.17, 15) is 19.5 Å². The SMILES string of the molecule is CNC(=O)[C@H]1C(=O)C[C@@](C)(O)[C@@H](C(=O)NC)[C@H]1c1ccc(Br)cc1. The van der Waals surface area contributed by atoms with Gasteiger partial charge in [0.25, 0.3) is 0 Å². The fraction of sp³-hybridized carbons (Fsp3) is 0.471. The van der Waals surface area contributed by atoms with Crippen LogP contribution in [0.15, 0.2) is 28.7 Å². The fourth-order valence-electron chi connectivity index (χ4n) is 3.49. The second kappa shape index (κ2) is 7.03. The first-order chi connectivity index (χ1) is 11.2. The molecule has 0 heterocycles. The van der Waals surface area contributed by atoms with Crippen molar-refractivity contribution in [2.45, 2.75) is 24.9 Å². The first kappa shape index (κ1) is 18.6. The van der Waals surface area contributed by atoms with Gasteiger partial charge in [0.15, 0.2) is 0 Å². The van der Waals surface area contributed by atoms with Crippen LogP contribution in [0.1, 0.15) is 24.8 Å². The number of nitrogens with one attached hydrogen (secondary N) is 2. The lowest BCUT2D eigenvalue weighted by Gasteiger charge is -2.44. The zero-order valence-corrected chi connectivity index (χ0v) is 15.4. The molecule has 1 aliphatic rings. The summed E-state index contributed by atoms with van der Waals surface area (Å²) in [6.45, 7) is 1.47. The number of hydrogen-bond acceptors (Lipinski definition) is 4. The second-order valence-electron chi connectivity index (χ2n) is 6.26. The maximum atomic E-state index is 12.6. The maximum Gasteiger partial charge on any atom is 0.230 e. The van der Waals surface area contributed by atoms with Gasteiger partial charge >= 0.3 is 0 Å². The Bertz CT molecular complexity index is 657. The molecule has 24 heavy (non-hydrogen) atoms. The van der Waals surface area contributed by atoms with Gasteiger partial charge in [-0.1, -0.05) is 28.1 Å². The number of carbonyl (C=O) groups excluding carboxylic acids is 3. The van der Waals surface area contributed by atoms with E-state index >= 15 is 0 Å². The van der Waals surface area contributed by atoms with Gasteiger partial charge in [-0.2, -0.15) is 0 Å². The van der Waals surface area contributed by atoms with Crippen LogP contribution in [0.2, 0.25) is 0 Å². The molecule has 2 rings (SSSR count). The Labute approximate surface area is 149 Å². The topological polar surface area (TPSA) is 95.5 Å². The van der Waals surface area contributed by atoms with E-state index in [2.05, 4.69) is 26.6 Å². The van der Waals surface area contributed by atoms with Crippen LogP contribution >= 0.6 is 15.9 Å². The Morgan fingerprint density at radius 1 is 1.17 bits per heavy atom. The number of hydrogen-bond donors (Lipinski definition) is 3. The molecule has 1 aromatic rings. The molecule has 0 radical (unpaired) electrons. The van der Waals surface area contributed by atoms with Crippen LogP contribution in [0.5, 0.6) is 0 Å². The summed E-state index contributed by atoms with van der Waals surface area (Å²) in [7, 11) is 2.93. The molecular formula is C17H21BrN2O4. The van der Waals surface area contributed by atoms with Crippen molar-refractivity contribution in [2.24, 2.45) is 11.8 Å². The van der Waals surface area contributed by atoms with E-state index in [4.69, 9.17) is 0 Å². The normalized spacial score (nSPS) is 29.9.